The summed E-state index contributed by atoms with van der Waals surface area (Å²) >= 11 is 0. The van der Waals surface area contributed by atoms with Crippen LogP contribution in [0.15, 0.2) is 23.1 Å². The fraction of sp³-hybridized carbons (Fsp3) is 0.611. The van der Waals surface area contributed by atoms with Gasteiger partial charge in [-0.2, -0.15) is 4.31 Å². The summed E-state index contributed by atoms with van der Waals surface area (Å²) in [6.45, 7) is 8.25. The van der Waals surface area contributed by atoms with Crippen LogP contribution in [0.4, 0.5) is 4.39 Å². The molecule has 0 saturated carbocycles. The van der Waals surface area contributed by atoms with E-state index in [1.807, 2.05) is 20.8 Å². The average molecular weight is 370 g/mol. The van der Waals surface area contributed by atoms with E-state index in [2.05, 4.69) is 5.32 Å². The predicted octanol–water partition coefficient (Wildman–Crippen LogP) is 2.70. The molecule has 1 aliphatic heterocycles. The minimum atomic E-state index is -3.74. The topological polar surface area (TPSA) is 66.5 Å². The number of carbonyl (C=O) groups excluding carboxylic acids is 1. The lowest BCUT2D eigenvalue weighted by atomic mass is 9.96. The Bertz CT molecular complexity index is 726. The van der Waals surface area contributed by atoms with E-state index in [0.717, 1.165) is 6.07 Å². The third kappa shape index (κ3) is 4.58. The summed E-state index contributed by atoms with van der Waals surface area (Å²) in [5.74, 6) is -0.414. The summed E-state index contributed by atoms with van der Waals surface area (Å²) in [4.78, 5) is 12.3. The number of rotatable bonds is 5. The summed E-state index contributed by atoms with van der Waals surface area (Å²) in [5.41, 5.74) is 0.520. The molecule has 140 valence electrons. The summed E-state index contributed by atoms with van der Waals surface area (Å²) in [5, 5.41) is 2.99. The molecule has 2 rings (SSSR count). The van der Waals surface area contributed by atoms with Crippen LogP contribution in [-0.4, -0.2) is 37.8 Å². The van der Waals surface area contributed by atoms with Crippen LogP contribution in [0.1, 0.15) is 39.2 Å². The molecule has 0 radical (unpaired) electrons. The molecule has 1 aromatic carbocycles. The summed E-state index contributed by atoms with van der Waals surface area (Å²) in [6.07, 6.45) is 0.953. The van der Waals surface area contributed by atoms with Crippen LogP contribution in [-0.2, 0) is 14.8 Å². The fourth-order valence-corrected chi connectivity index (χ4v) is 4.56. The van der Waals surface area contributed by atoms with Crippen LogP contribution in [0.5, 0.6) is 0 Å². The Morgan fingerprint density at radius 2 is 1.84 bits per heavy atom. The Hall–Kier alpha value is -1.47. The first-order chi connectivity index (χ1) is 11.6. The number of amides is 1. The van der Waals surface area contributed by atoms with Gasteiger partial charge in [-0.25, -0.2) is 12.8 Å². The second-order valence-corrected chi connectivity index (χ2v) is 9.04. The number of hydrogen-bond donors (Lipinski definition) is 1. The lowest BCUT2D eigenvalue weighted by Crippen LogP contribution is -2.45. The molecule has 1 heterocycles. The van der Waals surface area contributed by atoms with Crippen molar-refractivity contribution in [2.24, 2.45) is 11.8 Å². The minimum Gasteiger partial charge on any atom is -0.353 e. The largest absolute Gasteiger partial charge is 0.353 e. The van der Waals surface area contributed by atoms with Gasteiger partial charge in [0.1, 0.15) is 5.82 Å². The molecule has 0 bridgehead atoms. The first-order valence-corrected chi connectivity index (χ1v) is 10.1. The Kier molecular flexibility index (Phi) is 6.21. The van der Waals surface area contributed by atoms with Crippen LogP contribution in [0.25, 0.3) is 0 Å². The molecular formula is C18H27FN2O3S. The number of carbonyl (C=O) groups is 1. The number of benzene rings is 1. The van der Waals surface area contributed by atoms with Crippen LogP contribution < -0.4 is 5.32 Å². The van der Waals surface area contributed by atoms with Crippen molar-refractivity contribution in [3.63, 3.8) is 0 Å². The summed E-state index contributed by atoms with van der Waals surface area (Å²) < 4.78 is 40.3. The molecule has 0 aliphatic carbocycles. The first kappa shape index (κ1) is 19.8. The van der Waals surface area contributed by atoms with Gasteiger partial charge in [-0.3, -0.25) is 4.79 Å². The highest BCUT2D eigenvalue weighted by molar-refractivity contribution is 7.89. The Morgan fingerprint density at radius 1 is 1.24 bits per heavy atom. The van der Waals surface area contributed by atoms with Gasteiger partial charge >= 0.3 is 0 Å². The van der Waals surface area contributed by atoms with Crippen molar-refractivity contribution in [3.8, 4) is 0 Å². The lowest BCUT2D eigenvalue weighted by molar-refractivity contribution is -0.127. The minimum absolute atomic E-state index is 0.00355. The molecular weight excluding hydrogens is 343 g/mol. The highest BCUT2D eigenvalue weighted by Gasteiger charge is 2.33. The highest BCUT2D eigenvalue weighted by atomic mass is 32.2. The zero-order valence-corrected chi connectivity index (χ0v) is 16.1. The van der Waals surface area contributed by atoms with E-state index in [9.17, 15) is 17.6 Å². The van der Waals surface area contributed by atoms with Crippen molar-refractivity contribution < 1.29 is 17.6 Å². The molecule has 1 atom stereocenters. The number of halogens is 1. The predicted molar refractivity (Wildman–Crippen MR) is 95.1 cm³/mol. The number of piperidine rings is 1. The number of nitrogens with zero attached hydrogens (tertiary/aromatic N) is 1. The third-order valence-electron chi connectivity index (χ3n) is 4.96. The Morgan fingerprint density at radius 3 is 2.40 bits per heavy atom. The quantitative estimate of drug-likeness (QED) is 0.867. The van der Waals surface area contributed by atoms with Crippen molar-refractivity contribution in [3.05, 3.63) is 29.6 Å². The molecule has 0 aromatic heterocycles. The SMILES string of the molecule is Cc1ccc(F)cc1S(=O)(=O)N1CCC(C(=O)N[C@@H](C)C(C)C)CC1. The zero-order chi connectivity index (χ0) is 18.8. The van der Waals surface area contributed by atoms with E-state index in [1.54, 1.807) is 6.92 Å². The highest BCUT2D eigenvalue weighted by Crippen LogP contribution is 2.26. The molecule has 1 amide bonds. The van der Waals surface area contributed by atoms with Crippen molar-refractivity contribution >= 4 is 15.9 Å². The smallest absolute Gasteiger partial charge is 0.243 e. The average Bonchev–Trinajstić information content (AvgIpc) is 2.56. The van der Waals surface area contributed by atoms with Gasteiger partial charge in [0.2, 0.25) is 15.9 Å². The van der Waals surface area contributed by atoms with Gasteiger partial charge in [0, 0.05) is 25.0 Å². The first-order valence-electron chi connectivity index (χ1n) is 8.69. The number of sulfonamides is 1. The fourth-order valence-electron chi connectivity index (χ4n) is 2.86. The number of nitrogens with one attached hydrogen (secondary N) is 1. The van der Waals surface area contributed by atoms with Gasteiger partial charge < -0.3 is 5.32 Å². The van der Waals surface area contributed by atoms with Crippen molar-refractivity contribution in [1.29, 1.82) is 0 Å². The van der Waals surface area contributed by atoms with Gasteiger partial charge in [-0.15, -0.1) is 0 Å². The third-order valence-corrected chi connectivity index (χ3v) is 7.00. The number of aryl methyl sites for hydroxylation is 1. The van der Waals surface area contributed by atoms with Crippen LogP contribution in [0, 0.1) is 24.6 Å². The van der Waals surface area contributed by atoms with E-state index in [-0.39, 0.29) is 35.9 Å². The van der Waals surface area contributed by atoms with E-state index in [4.69, 9.17) is 0 Å². The van der Waals surface area contributed by atoms with Crippen LogP contribution in [0.3, 0.4) is 0 Å². The van der Waals surface area contributed by atoms with Gasteiger partial charge in [-0.05, 0) is 50.3 Å². The Balaban J connectivity index is 2.04. The molecule has 5 nitrogen and oxygen atoms in total. The zero-order valence-electron chi connectivity index (χ0n) is 15.3. The summed E-state index contributed by atoms with van der Waals surface area (Å²) in [6, 6.07) is 3.87. The van der Waals surface area contributed by atoms with Gasteiger partial charge in [0.05, 0.1) is 4.90 Å². The standard InChI is InChI=1S/C18H27FN2O3S/c1-12(2)14(4)20-18(22)15-7-9-21(10-8-15)25(23,24)17-11-16(19)6-5-13(17)3/h5-6,11-12,14-15H,7-10H2,1-4H3,(H,20,22)/t14-/m0/s1. The molecule has 7 heteroatoms. The maximum absolute atomic E-state index is 13.5. The van der Waals surface area contributed by atoms with E-state index in [0.29, 0.717) is 24.3 Å². The molecule has 1 aromatic rings. The maximum Gasteiger partial charge on any atom is 0.243 e. The normalized spacial score (nSPS) is 18.3. The van der Waals surface area contributed by atoms with E-state index >= 15 is 0 Å². The molecule has 1 N–H and O–H groups in total. The van der Waals surface area contributed by atoms with E-state index < -0.39 is 15.8 Å². The second-order valence-electron chi connectivity index (χ2n) is 7.13. The second kappa shape index (κ2) is 7.83. The summed E-state index contributed by atoms with van der Waals surface area (Å²) in [7, 11) is -3.74. The molecule has 1 fully saturated rings. The van der Waals surface area contributed by atoms with Gasteiger partial charge in [-0.1, -0.05) is 19.9 Å². The molecule has 0 spiro atoms. The maximum atomic E-state index is 13.5. The molecule has 25 heavy (non-hydrogen) atoms. The van der Waals surface area contributed by atoms with Crippen molar-refractivity contribution in [2.75, 3.05) is 13.1 Å². The van der Waals surface area contributed by atoms with E-state index in [1.165, 1.54) is 16.4 Å². The molecule has 1 saturated heterocycles. The van der Waals surface area contributed by atoms with Crippen molar-refractivity contribution in [1.82, 2.24) is 9.62 Å². The van der Waals surface area contributed by atoms with Gasteiger partial charge in [0.15, 0.2) is 0 Å². The lowest BCUT2D eigenvalue weighted by Gasteiger charge is -2.31. The molecule has 1 aliphatic rings. The van der Waals surface area contributed by atoms with Crippen LogP contribution >= 0.6 is 0 Å². The number of hydrogen-bond acceptors (Lipinski definition) is 3. The monoisotopic (exact) mass is 370 g/mol. The Labute approximate surface area is 149 Å². The molecule has 0 unspecified atom stereocenters. The van der Waals surface area contributed by atoms with Gasteiger partial charge in [0.25, 0.3) is 0 Å². The van der Waals surface area contributed by atoms with Crippen molar-refractivity contribution in [2.45, 2.75) is 51.5 Å². The van der Waals surface area contributed by atoms with Crippen LogP contribution in [0.2, 0.25) is 0 Å².